The Labute approximate surface area is 118 Å². The predicted octanol–water partition coefficient (Wildman–Crippen LogP) is 1.69. The second-order valence-electron chi connectivity index (χ2n) is 5.03. The smallest absolute Gasteiger partial charge is 0.412 e. The van der Waals surface area contributed by atoms with Crippen molar-refractivity contribution in [1.29, 1.82) is 0 Å². The lowest BCUT2D eigenvalue weighted by atomic mass is 10.2. The zero-order valence-electron chi connectivity index (χ0n) is 11.8. The summed E-state index contributed by atoms with van der Waals surface area (Å²) >= 11 is 0. The second-order valence-corrected chi connectivity index (χ2v) is 6.56. The molecule has 0 unspecified atom stereocenters. The Morgan fingerprint density at radius 2 is 1.90 bits per heavy atom. The third-order valence-corrected chi connectivity index (χ3v) is 3.08. The molecule has 0 spiro atoms. The van der Waals surface area contributed by atoms with Crippen LogP contribution in [0.25, 0.3) is 0 Å². The first kappa shape index (κ1) is 16.3. The van der Waals surface area contributed by atoms with Crippen LogP contribution in [-0.2, 0) is 14.8 Å². The molecular weight excluding hydrogens is 284 g/mol. The normalized spacial score (nSPS) is 11.8. The lowest BCUT2D eigenvalue weighted by Gasteiger charge is -2.20. The summed E-state index contributed by atoms with van der Waals surface area (Å²) in [5.41, 5.74) is -0.666. The molecule has 1 aromatic carbocycles. The number of carbonyl (C=O) groups excluding carboxylic acids is 1. The highest BCUT2D eigenvalue weighted by Crippen LogP contribution is 2.26. The SMILES string of the molecule is COc1ccc(NC(=O)OC(C)(C)C)c(S(N)(=O)=O)c1. The highest BCUT2D eigenvalue weighted by molar-refractivity contribution is 7.89. The van der Waals surface area contributed by atoms with Gasteiger partial charge < -0.3 is 9.47 Å². The second kappa shape index (κ2) is 5.68. The first-order valence-corrected chi connectivity index (χ1v) is 7.28. The molecule has 112 valence electrons. The maximum absolute atomic E-state index is 11.7. The molecule has 0 fully saturated rings. The fraction of sp³-hybridized carbons (Fsp3) is 0.417. The molecule has 0 aliphatic rings. The minimum Gasteiger partial charge on any atom is -0.497 e. The number of methoxy groups -OCH3 is 1. The molecule has 0 heterocycles. The molecule has 0 aliphatic carbocycles. The van der Waals surface area contributed by atoms with E-state index in [1.807, 2.05) is 0 Å². The Bertz CT molecular complexity index is 605. The van der Waals surface area contributed by atoms with Crippen molar-refractivity contribution < 1.29 is 22.7 Å². The summed E-state index contributed by atoms with van der Waals surface area (Å²) in [6.07, 6.45) is -0.771. The molecule has 3 N–H and O–H groups in total. The Balaban J connectivity index is 3.10. The number of sulfonamides is 1. The lowest BCUT2D eigenvalue weighted by molar-refractivity contribution is 0.0635. The fourth-order valence-electron chi connectivity index (χ4n) is 1.38. The molecule has 0 saturated heterocycles. The van der Waals surface area contributed by atoms with E-state index >= 15 is 0 Å². The van der Waals surface area contributed by atoms with Crippen molar-refractivity contribution in [3.05, 3.63) is 18.2 Å². The van der Waals surface area contributed by atoms with E-state index in [1.165, 1.54) is 25.3 Å². The van der Waals surface area contributed by atoms with Gasteiger partial charge in [-0.25, -0.2) is 18.4 Å². The van der Waals surface area contributed by atoms with Crippen LogP contribution in [0.2, 0.25) is 0 Å². The van der Waals surface area contributed by atoms with E-state index in [-0.39, 0.29) is 10.6 Å². The molecule has 1 rings (SSSR count). The topological polar surface area (TPSA) is 108 Å². The van der Waals surface area contributed by atoms with Crippen LogP contribution in [0.3, 0.4) is 0 Å². The standard InChI is InChI=1S/C12H18N2O5S/c1-12(2,3)19-11(15)14-9-6-5-8(18-4)7-10(9)20(13,16)17/h5-7H,1-4H3,(H,14,15)(H2,13,16,17). The summed E-state index contributed by atoms with van der Waals surface area (Å²) in [6, 6.07) is 4.10. The van der Waals surface area contributed by atoms with Gasteiger partial charge in [0.25, 0.3) is 0 Å². The summed E-state index contributed by atoms with van der Waals surface area (Å²) < 4.78 is 33.0. The molecule has 0 atom stereocenters. The van der Waals surface area contributed by atoms with Gasteiger partial charge in [-0.2, -0.15) is 0 Å². The number of nitrogens with one attached hydrogen (secondary N) is 1. The van der Waals surface area contributed by atoms with Crippen LogP contribution >= 0.6 is 0 Å². The molecule has 20 heavy (non-hydrogen) atoms. The van der Waals surface area contributed by atoms with Gasteiger partial charge in [0, 0.05) is 6.07 Å². The Kier molecular flexibility index (Phi) is 4.61. The van der Waals surface area contributed by atoms with Crippen molar-refractivity contribution >= 4 is 21.8 Å². The van der Waals surface area contributed by atoms with Crippen molar-refractivity contribution in [2.75, 3.05) is 12.4 Å². The number of carbonyl (C=O) groups is 1. The highest BCUT2D eigenvalue weighted by atomic mass is 32.2. The van der Waals surface area contributed by atoms with Gasteiger partial charge in [-0.3, -0.25) is 5.32 Å². The van der Waals surface area contributed by atoms with Gasteiger partial charge in [-0.1, -0.05) is 0 Å². The Morgan fingerprint density at radius 1 is 1.30 bits per heavy atom. The first-order chi connectivity index (χ1) is 9.03. The minimum absolute atomic E-state index is 0.0301. The van der Waals surface area contributed by atoms with Gasteiger partial charge in [-0.15, -0.1) is 0 Å². The monoisotopic (exact) mass is 302 g/mol. The van der Waals surface area contributed by atoms with Crippen molar-refractivity contribution in [1.82, 2.24) is 0 Å². The number of nitrogens with two attached hydrogens (primary N) is 1. The third kappa shape index (κ3) is 4.71. The van der Waals surface area contributed by atoms with Gasteiger partial charge >= 0.3 is 6.09 Å². The maximum atomic E-state index is 11.7. The van der Waals surface area contributed by atoms with Crippen molar-refractivity contribution in [3.63, 3.8) is 0 Å². The summed E-state index contributed by atoms with van der Waals surface area (Å²) in [5, 5.41) is 7.46. The zero-order chi connectivity index (χ0) is 15.6. The highest BCUT2D eigenvalue weighted by Gasteiger charge is 2.20. The summed E-state index contributed by atoms with van der Waals surface area (Å²) in [4.78, 5) is 11.4. The van der Waals surface area contributed by atoms with E-state index in [2.05, 4.69) is 5.32 Å². The van der Waals surface area contributed by atoms with Gasteiger partial charge in [0.05, 0.1) is 12.8 Å². The van der Waals surface area contributed by atoms with Crippen molar-refractivity contribution in [2.24, 2.45) is 5.14 Å². The molecule has 1 amide bonds. The maximum Gasteiger partial charge on any atom is 0.412 e. The summed E-state index contributed by atoms with van der Waals surface area (Å²) in [7, 11) is -2.61. The molecule has 8 heteroatoms. The van der Waals surface area contributed by atoms with Crippen LogP contribution < -0.4 is 15.2 Å². The average Bonchev–Trinajstić information content (AvgIpc) is 2.25. The van der Waals surface area contributed by atoms with E-state index < -0.39 is 21.7 Å². The Morgan fingerprint density at radius 3 is 2.35 bits per heavy atom. The van der Waals surface area contributed by atoms with E-state index in [9.17, 15) is 13.2 Å². The summed E-state index contributed by atoms with van der Waals surface area (Å²) in [5.74, 6) is 0.309. The van der Waals surface area contributed by atoms with Crippen LogP contribution in [0.1, 0.15) is 20.8 Å². The number of ether oxygens (including phenoxy) is 2. The molecular formula is C12H18N2O5S. The number of anilines is 1. The van der Waals surface area contributed by atoms with Crippen LogP contribution in [-0.4, -0.2) is 27.2 Å². The zero-order valence-corrected chi connectivity index (χ0v) is 12.6. The predicted molar refractivity (Wildman–Crippen MR) is 74.2 cm³/mol. The van der Waals surface area contributed by atoms with Gasteiger partial charge in [0.15, 0.2) is 0 Å². The van der Waals surface area contributed by atoms with Crippen LogP contribution in [0, 0.1) is 0 Å². The molecule has 0 aliphatic heterocycles. The molecule has 0 aromatic heterocycles. The number of hydrogen-bond donors (Lipinski definition) is 2. The van der Waals surface area contributed by atoms with Crippen LogP contribution in [0.15, 0.2) is 23.1 Å². The van der Waals surface area contributed by atoms with Crippen molar-refractivity contribution in [3.8, 4) is 5.75 Å². The molecule has 0 radical (unpaired) electrons. The third-order valence-electron chi connectivity index (χ3n) is 2.13. The number of primary sulfonamides is 1. The van der Waals surface area contributed by atoms with Crippen LogP contribution in [0.5, 0.6) is 5.75 Å². The Hall–Kier alpha value is -1.80. The number of hydrogen-bond acceptors (Lipinski definition) is 5. The summed E-state index contributed by atoms with van der Waals surface area (Å²) in [6.45, 7) is 5.09. The van der Waals surface area contributed by atoms with Gasteiger partial charge in [-0.05, 0) is 32.9 Å². The van der Waals surface area contributed by atoms with E-state index in [1.54, 1.807) is 20.8 Å². The fourth-order valence-corrected chi connectivity index (χ4v) is 2.09. The molecule has 7 nitrogen and oxygen atoms in total. The van der Waals surface area contributed by atoms with E-state index in [0.717, 1.165) is 0 Å². The quantitative estimate of drug-likeness (QED) is 0.883. The molecule has 1 aromatic rings. The number of benzene rings is 1. The lowest BCUT2D eigenvalue weighted by Crippen LogP contribution is -2.28. The molecule has 0 saturated carbocycles. The first-order valence-electron chi connectivity index (χ1n) is 5.74. The largest absolute Gasteiger partial charge is 0.497 e. The van der Waals surface area contributed by atoms with E-state index in [0.29, 0.717) is 5.75 Å². The molecule has 0 bridgehead atoms. The van der Waals surface area contributed by atoms with Crippen molar-refractivity contribution in [2.45, 2.75) is 31.3 Å². The average molecular weight is 302 g/mol. The van der Waals surface area contributed by atoms with Gasteiger partial charge in [0.1, 0.15) is 16.2 Å². The van der Waals surface area contributed by atoms with Gasteiger partial charge in [0.2, 0.25) is 10.0 Å². The van der Waals surface area contributed by atoms with Crippen LogP contribution in [0.4, 0.5) is 10.5 Å². The number of rotatable bonds is 3. The minimum atomic E-state index is -4.01. The number of amides is 1. The van der Waals surface area contributed by atoms with E-state index in [4.69, 9.17) is 14.6 Å².